The number of amides is 2. The second-order valence-electron chi connectivity index (χ2n) is 6.70. The van der Waals surface area contributed by atoms with Crippen molar-refractivity contribution in [2.75, 3.05) is 21.7 Å². The van der Waals surface area contributed by atoms with E-state index in [0.29, 0.717) is 5.56 Å². The normalized spacial score (nSPS) is 11.4. The van der Waals surface area contributed by atoms with Crippen molar-refractivity contribution in [1.82, 2.24) is 15.0 Å². The van der Waals surface area contributed by atoms with Gasteiger partial charge in [0.05, 0.1) is 23.9 Å². The average Bonchev–Trinajstić information content (AvgIpc) is 2.68. The first-order valence-corrected chi connectivity index (χ1v) is 9.12. The molecule has 14 nitrogen and oxygen atoms in total. The number of nitrogens with zero attached hydrogens (tertiary/aromatic N) is 3. The molecular formula is C18H21N7O7. The zero-order chi connectivity index (χ0) is 24.0. The van der Waals surface area contributed by atoms with Gasteiger partial charge in [0.25, 0.3) is 5.56 Å². The Morgan fingerprint density at radius 3 is 2.53 bits per heavy atom. The van der Waals surface area contributed by atoms with E-state index >= 15 is 0 Å². The van der Waals surface area contributed by atoms with Gasteiger partial charge < -0.3 is 27.0 Å². The second kappa shape index (κ2) is 10.0. The molecule has 0 aliphatic heterocycles. The number of anilines is 4. The van der Waals surface area contributed by atoms with Crippen LogP contribution in [-0.4, -0.2) is 55.5 Å². The quantitative estimate of drug-likeness (QED) is 0.244. The Hall–Kier alpha value is -4.49. The first-order valence-electron chi connectivity index (χ1n) is 9.12. The van der Waals surface area contributed by atoms with Gasteiger partial charge in [0, 0.05) is 6.42 Å². The Labute approximate surface area is 180 Å². The lowest BCUT2D eigenvalue weighted by Gasteiger charge is -2.25. The zero-order valence-electron chi connectivity index (χ0n) is 16.9. The van der Waals surface area contributed by atoms with E-state index in [4.69, 9.17) is 16.6 Å². The number of carboxylic acid groups (broad SMARTS) is 2. The summed E-state index contributed by atoms with van der Waals surface area (Å²) in [5.41, 5.74) is 10.8. The number of carboxylic acids is 2. The van der Waals surface area contributed by atoms with E-state index in [9.17, 15) is 29.1 Å². The molecule has 14 heteroatoms. The fourth-order valence-corrected chi connectivity index (χ4v) is 2.89. The molecule has 0 radical (unpaired) electrons. The number of aliphatic carboxylic acids is 2. The fourth-order valence-electron chi connectivity index (χ4n) is 2.89. The molecule has 2 rings (SSSR count). The molecule has 0 spiro atoms. The number of nitrogens with two attached hydrogens (primary N) is 2. The van der Waals surface area contributed by atoms with Crippen LogP contribution < -0.4 is 27.2 Å². The van der Waals surface area contributed by atoms with Crippen molar-refractivity contribution in [3.8, 4) is 0 Å². The van der Waals surface area contributed by atoms with Gasteiger partial charge in [-0.05, 0) is 25.0 Å². The van der Waals surface area contributed by atoms with Gasteiger partial charge in [0.2, 0.25) is 18.3 Å². The van der Waals surface area contributed by atoms with Crippen molar-refractivity contribution < 1.29 is 29.4 Å². The molecule has 0 aliphatic carbocycles. The molecule has 0 saturated heterocycles. The highest BCUT2D eigenvalue weighted by Gasteiger charge is 2.28. The highest BCUT2D eigenvalue weighted by molar-refractivity contribution is 5.93. The van der Waals surface area contributed by atoms with Gasteiger partial charge in [0.1, 0.15) is 17.7 Å². The van der Waals surface area contributed by atoms with Crippen molar-refractivity contribution in [3.63, 3.8) is 0 Å². The summed E-state index contributed by atoms with van der Waals surface area (Å²) in [7, 11) is 0. The summed E-state index contributed by atoms with van der Waals surface area (Å²) in [5.74, 6) is -3.60. The van der Waals surface area contributed by atoms with Crippen LogP contribution in [0.5, 0.6) is 0 Å². The minimum Gasteiger partial charge on any atom is -0.481 e. The van der Waals surface area contributed by atoms with Crippen LogP contribution in [0.3, 0.4) is 0 Å². The molecule has 8 N–H and O–H groups in total. The van der Waals surface area contributed by atoms with Gasteiger partial charge >= 0.3 is 11.9 Å². The van der Waals surface area contributed by atoms with Crippen LogP contribution >= 0.6 is 0 Å². The van der Waals surface area contributed by atoms with Crippen LogP contribution in [0.25, 0.3) is 0 Å². The van der Waals surface area contributed by atoms with E-state index in [0.717, 1.165) is 4.90 Å². The van der Waals surface area contributed by atoms with Crippen molar-refractivity contribution >= 4 is 47.5 Å². The van der Waals surface area contributed by atoms with Crippen molar-refractivity contribution in [2.24, 2.45) is 0 Å². The molecule has 170 valence electrons. The second-order valence-corrected chi connectivity index (χ2v) is 6.70. The standard InChI is InChI=1S/C18H21N7O7/c1-8-4-9(22-12(27)5-10-14(19)23-18(20)24-16(10)30)6-21-15(8)25(7-26)11(17(31)32)2-3-13(28)29/h4,6-7,11H,2-3,5H2,1H3,(H,22,27)(H,28,29)(H,31,32)(H5,19,20,23,24,30)/t11-/m0/s1. The Morgan fingerprint density at radius 1 is 1.31 bits per heavy atom. The number of carbonyl (C=O) groups excluding carboxylic acids is 2. The number of aryl methyl sites for hydroxylation is 1. The molecule has 0 saturated carbocycles. The van der Waals surface area contributed by atoms with Gasteiger partial charge in [-0.2, -0.15) is 4.98 Å². The number of H-pyrrole nitrogens is 1. The molecular weight excluding hydrogens is 426 g/mol. The summed E-state index contributed by atoms with van der Waals surface area (Å²) in [5, 5.41) is 20.7. The number of nitrogens with one attached hydrogen (secondary N) is 2. The minimum absolute atomic E-state index is 0.0146. The third-order valence-electron chi connectivity index (χ3n) is 4.35. The zero-order valence-corrected chi connectivity index (χ0v) is 16.9. The molecule has 0 bridgehead atoms. The van der Waals surface area contributed by atoms with Gasteiger partial charge in [-0.3, -0.25) is 29.1 Å². The monoisotopic (exact) mass is 447 g/mol. The third-order valence-corrected chi connectivity index (χ3v) is 4.35. The fraction of sp³-hybridized carbons (Fsp3) is 0.278. The SMILES string of the molecule is Cc1cc(NC(=O)Cc2c(N)nc(N)[nH]c2=O)cnc1N(C=O)[C@@H](CCC(=O)O)C(=O)O. The molecule has 1 atom stereocenters. The summed E-state index contributed by atoms with van der Waals surface area (Å²) in [6.45, 7) is 1.52. The number of pyridine rings is 1. The van der Waals surface area contributed by atoms with E-state index in [1.54, 1.807) is 0 Å². The molecule has 0 aliphatic rings. The predicted octanol–water partition coefficient (Wildman–Crippen LogP) is -0.900. The number of aromatic nitrogens is 3. The van der Waals surface area contributed by atoms with E-state index in [-0.39, 0.29) is 41.7 Å². The number of hydrogen-bond donors (Lipinski definition) is 6. The molecule has 2 aromatic heterocycles. The lowest BCUT2D eigenvalue weighted by molar-refractivity contribution is -0.140. The van der Waals surface area contributed by atoms with Crippen molar-refractivity contribution in [1.29, 1.82) is 0 Å². The number of carbonyl (C=O) groups is 4. The molecule has 2 aromatic rings. The van der Waals surface area contributed by atoms with E-state index < -0.39 is 42.3 Å². The molecule has 2 heterocycles. The van der Waals surface area contributed by atoms with Gasteiger partial charge in [-0.1, -0.05) is 0 Å². The molecule has 0 unspecified atom stereocenters. The lowest BCUT2D eigenvalue weighted by Crippen LogP contribution is -2.41. The summed E-state index contributed by atoms with van der Waals surface area (Å²) in [6.07, 6.45) is 0.246. The highest BCUT2D eigenvalue weighted by Crippen LogP contribution is 2.23. The Morgan fingerprint density at radius 2 is 2.00 bits per heavy atom. The third kappa shape index (κ3) is 5.78. The number of hydrogen-bond acceptors (Lipinski definition) is 9. The maximum Gasteiger partial charge on any atom is 0.326 e. The van der Waals surface area contributed by atoms with Crippen LogP contribution in [0.1, 0.15) is 24.0 Å². The maximum absolute atomic E-state index is 12.3. The molecule has 0 fully saturated rings. The summed E-state index contributed by atoms with van der Waals surface area (Å²) < 4.78 is 0. The topological polar surface area (TPSA) is 235 Å². The Balaban J connectivity index is 2.20. The van der Waals surface area contributed by atoms with E-state index in [1.165, 1.54) is 19.2 Å². The van der Waals surface area contributed by atoms with Crippen LogP contribution in [0, 0.1) is 6.92 Å². The Kier molecular flexibility index (Phi) is 7.44. The van der Waals surface area contributed by atoms with Gasteiger partial charge in [-0.15, -0.1) is 0 Å². The van der Waals surface area contributed by atoms with Crippen molar-refractivity contribution in [3.05, 3.63) is 33.7 Å². The van der Waals surface area contributed by atoms with Crippen LogP contribution in [0.2, 0.25) is 0 Å². The maximum atomic E-state index is 12.3. The first-order chi connectivity index (χ1) is 15.0. The predicted molar refractivity (Wildman–Crippen MR) is 112 cm³/mol. The smallest absolute Gasteiger partial charge is 0.326 e. The van der Waals surface area contributed by atoms with E-state index in [2.05, 4.69) is 20.3 Å². The van der Waals surface area contributed by atoms with Crippen LogP contribution in [0.15, 0.2) is 17.1 Å². The summed E-state index contributed by atoms with van der Waals surface area (Å²) in [4.78, 5) is 68.8. The minimum atomic E-state index is -1.44. The number of rotatable bonds is 10. The lowest BCUT2D eigenvalue weighted by atomic mass is 10.1. The molecule has 32 heavy (non-hydrogen) atoms. The number of aromatic amines is 1. The summed E-state index contributed by atoms with van der Waals surface area (Å²) >= 11 is 0. The van der Waals surface area contributed by atoms with Crippen LogP contribution in [0.4, 0.5) is 23.3 Å². The number of nitrogen functional groups attached to an aromatic ring is 2. The summed E-state index contributed by atoms with van der Waals surface area (Å²) in [6, 6.07) is -0.00950. The molecule has 0 aromatic carbocycles. The van der Waals surface area contributed by atoms with Gasteiger partial charge in [0.15, 0.2) is 0 Å². The van der Waals surface area contributed by atoms with Crippen LogP contribution in [-0.2, 0) is 25.6 Å². The average molecular weight is 447 g/mol. The molecule has 2 amide bonds. The Bertz CT molecular complexity index is 1120. The van der Waals surface area contributed by atoms with Gasteiger partial charge in [-0.25, -0.2) is 9.78 Å². The van der Waals surface area contributed by atoms with Crippen molar-refractivity contribution in [2.45, 2.75) is 32.2 Å². The first kappa shape index (κ1) is 23.8. The highest BCUT2D eigenvalue weighted by atomic mass is 16.4. The van der Waals surface area contributed by atoms with E-state index in [1.807, 2.05) is 0 Å². The largest absolute Gasteiger partial charge is 0.481 e.